The van der Waals surface area contributed by atoms with E-state index in [2.05, 4.69) is 12.2 Å². The molecule has 0 atom stereocenters. The standard InChI is InChI=1S/C29H28N2O4.H2/c1-19-4-10-23(17-24(19)20-5-7-21(8-6-20)27(32)31-14-2-3-15-31)30-28(33)29(12-13-29)22-9-11-25-26(16-22)35-18-34-25;/h4-11,16-17H,2-3,12-15,18H2,1H3,(H,30,33);1H. The number of nitrogens with one attached hydrogen (secondary N) is 1. The maximum absolute atomic E-state index is 13.4. The van der Waals surface area contributed by atoms with E-state index >= 15 is 0 Å². The molecule has 35 heavy (non-hydrogen) atoms. The van der Waals surface area contributed by atoms with Crippen molar-refractivity contribution >= 4 is 17.5 Å². The highest BCUT2D eigenvalue weighted by Crippen LogP contribution is 2.51. The Morgan fingerprint density at radius 3 is 2.40 bits per heavy atom. The summed E-state index contributed by atoms with van der Waals surface area (Å²) in [6, 6.07) is 19.5. The fourth-order valence-corrected chi connectivity index (χ4v) is 5.12. The Balaban J connectivity index is 0.00000267. The Bertz CT molecular complexity index is 1310. The lowest BCUT2D eigenvalue weighted by Crippen LogP contribution is -2.27. The van der Waals surface area contributed by atoms with Gasteiger partial charge < -0.3 is 19.7 Å². The van der Waals surface area contributed by atoms with Gasteiger partial charge in [-0.25, -0.2) is 0 Å². The molecule has 0 unspecified atom stereocenters. The second kappa shape index (κ2) is 8.45. The Hall–Kier alpha value is -3.80. The highest BCUT2D eigenvalue weighted by atomic mass is 16.7. The topological polar surface area (TPSA) is 67.9 Å². The zero-order chi connectivity index (χ0) is 24.0. The Kier molecular flexibility index (Phi) is 5.24. The van der Waals surface area contributed by atoms with Crippen molar-refractivity contribution in [2.24, 2.45) is 0 Å². The highest BCUT2D eigenvalue weighted by molar-refractivity contribution is 6.02. The van der Waals surface area contributed by atoms with Crippen molar-refractivity contribution in [1.82, 2.24) is 4.90 Å². The van der Waals surface area contributed by atoms with Crippen molar-refractivity contribution in [2.75, 3.05) is 25.2 Å². The minimum Gasteiger partial charge on any atom is -0.454 e. The molecule has 6 nitrogen and oxygen atoms in total. The quantitative estimate of drug-likeness (QED) is 0.531. The number of anilines is 1. The molecule has 1 saturated heterocycles. The van der Waals surface area contributed by atoms with Crippen LogP contribution in [0, 0.1) is 6.92 Å². The molecule has 0 aromatic heterocycles. The summed E-state index contributed by atoms with van der Waals surface area (Å²) in [4.78, 5) is 28.0. The minimum absolute atomic E-state index is 0. The van der Waals surface area contributed by atoms with E-state index < -0.39 is 5.41 Å². The van der Waals surface area contributed by atoms with Crippen LogP contribution in [0.3, 0.4) is 0 Å². The van der Waals surface area contributed by atoms with Crippen LogP contribution in [0.25, 0.3) is 11.1 Å². The first-order valence-corrected chi connectivity index (χ1v) is 12.3. The lowest BCUT2D eigenvalue weighted by Gasteiger charge is -2.18. The molecule has 6 rings (SSSR count). The molecule has 0 radical (unpaired) electrons. The number of ether oxygens (including phenoxy) is 2. The molecular weight excluding hydrogens is 440 g/mol. The van der Waals surface area contributed by atoms with E-state index in [9.17, 15) is 9.59 Å². The van der Waals surface area contributed by atoms with Gasteiger partial charge in [0.25, 0.3) is 5.91 Å². The van der Waals surface area contributed by atoms with Crippen molar-refractivity contribution in [3.05, 3.63) is 77.4 Å². The van der Waals surface area contributed by atoms with Crippen LogP contribution in [0.1, 0.15) is 48.6 Å². The number of rotatable bonds is 5. The summed E-state index contributed by atoms with van der Waals surface area (Å²) >= 11 is 0. The molecule has 3 aromatic carbocycles. The van der Waals surface area contributed by atoms with Gasteiger partial charge >= 0.3 is 0 Å². The molecule has 1 saturated carbocycles. The fraction of sp³-hybridized carbons (Fsp3) is 0.310. The van der Waals surface area contributed by atoms with Gasteiger partial charge in [-0.05, 0) is 91.3 Å². The van der Waals surface area contributed by atoms with Gasteiger partial charge in [-0.2, -0.15) is 0 Å². The van der Waals surface area contributed by atoms with Gasteiger partial charge in [-0.1, -0.05) is 24.3 Å². The number of fused-ring (bicyclic) bond motifs is 1. The summed E-state index contributed by atoms with van der Waals surface area (Å²) in [5.74, 6) is 1.52. The average Bonchev–Trinajstić information content (AvgIpc) is 3.27. The Morgan fingerprint density at radius 1 is 0.914 bits per heavy atom. The zero-order valence-electron chi connectivity index (χ0n) is 19.8. The van der Waals surface area contributed by atoms with Crippen molar-refractivity contribution in [3.63, 3.8) is 0 Å². The van der Waals surface area contributed by atoms with E-state index in [0.717, 1.165) is 78.0 Å². The minimum atomic E-state index is -0.524. The molecular formula is C29H30N2O4. The molecule has 1 aliphatic carbocycles. The predicted molar refractivity (Wildman–Crippen MR) is 136 cm³/mol. The molecule has 1 N–H and O–H groups in total. The molecule has 3 aromatic rings. The van der Waals surface area contributed by atoms with E-state index in [-0.39, 0.29) is 20.0 Å². The third kappa shape index (κ3) is 3.93. The van der Waals surface area contributed by atoms with Crippen molar-refractivity contribution < 1.29 is 20.5 Å². The van der Waals surface area contributed by atoms with Crippen LogP contribution in [0.4, 0.5) is 5.69 Å². The number of nitrogens with zero attached hydrogens (tertiary/aromatic N) is 1. The maximum Gasteiger partial charge on any atom is 0.253 e. The van der Waals surface area contributed by atoms with Gasteiger partial charge in [0.2, 0.25) is 12.7 Å². The van der Waals surface area contributed by atoms with Crippen LogP contribution in [0.2, 0.25) is 0 Å². The van der Waals surface area contributed by atoms with Gasteiger partial charge in [-0.3, -0.25) is 9.59 Å². The third-order valence-corrected chi connectivity index (χ3v) is 7.44. The largest absolute Gasteiger partial charge is 0.454 e. The number of aryl methyl sites for hydroxylation is 1. The SMILES string of the molecule is Cc1ccc(NC(=O)C2(c3ccc4c(c3)OCO4)CC2)cc1-c1ccc(C(=O)N2CCCC2)cc1.[HH]. The summed E-state index contributed by atoms with van der Waals surface area (Å²) in [5, 5.41) is 3.14. The van der Waals surface area contributed by atoms with E-state index in [0.29, 0.717) is 5.75 Å². The smallest absolute Gasteiger partial charge is 0.253 e. The first-order valence-electron chi connectivity index (χ1n) is 12.3. The lowest BCUT2D eigenvalue weighted by molar-refractivity contribution is -0.118. The van der Waals surface area contributed by atoms with Gasteiger partial charge in [0, 0.05) is 25.8 Å². The lowest BCUT2D eigenvalue weighted by atomic mass is 9.94. The molecule has 2 fully saturated rings. The molecule has 0 bridgehead atoms. The number of hydrogen-bond donors (Lipinski definition) is 1. The van der Waals surface area contributed by atoms with E-state index in [1.54, 1.807) is 0 Å². The molecule has 2 heterocycles. The molecule has 2 aliphatic heterocycles. The summed E-state index contributed by atoms with van der Waals surface area (Å²) in [6.07, 6.45) is 3.78. The molecule has 3 aliphatic rings. The van der Waals surface area contributed by atoms with Gasteiger partial charge in [0.15, 0.2) is 11.5 Å². The molecule has 6 heteroatoms. The summed E-state index contributed by atoms with van der Waals surface area (Å²) in [5.41, 5.74) is 5.09. The van der Waals surface area contributed by atoms with E-state index in [4.69, 9.17) is 9.47 Å². The van der Waals surface area contributed by atoms with Crippen molar-refractivity contribution in [2.45, 2.75) is 38.0 Å². The van der Waals surface area contributed by atoms with E-state index in [1.165, 1.54) is 0 Å². The number of hydrogen-bond acceptors (Lipinski definition) is 4. The molecule has 180 valence electrons. The molecule has 2 amide bonds. The fourth-order valence-electron chi connectivity index (χ4n) is 5.12. The Labute approximate surface area is 206 Å². The summed E-state index contributed by atoms with van der Waals surface area (Å²) < 4.78 is 10.9. The van der Waals surface area contributed by atoms with Crippen LogP contribution in [-0.4, -0.2) is 36.6 Å². The van der Waals surface area contributed by atoms with Gasteiger partial charge in [0.05, 0.1) is 5.41 Å². The van der Waals surface area contributed by atoms with E-state index in [1.807, 2.05) is 65.6 Å². The van der Waals surface area contributed by atoms with Crippen molar-refractivity contribution in [1.29, 1.82) is 0 Å². The summed E-state index contributed by atoms with van der Waals surface area (Å²) in [6.45, 7) is 3.96. The van der Waals surface area contributed by atoms with Crippen LogP contribution in [0.5, 0.6) is 11.5 Å². The summed E-state index contributed by atoms with van der Waals surface area (Å²) in [7, 11) is 0. The van der Waals surface area contributed by atoms with Crippen molar-refractivity contribution in [3.8, 4) is 22.6 Å². The second-order valence-electron chi connectivity index (χ2n) is 9.71. The van der Waals surface area contributed by atoms with Crippen LogP contribution in [0.15, 0.2) is 60.7 Å². The third-order valence-electron chi connectivity index (χ3n) is 7.44. The molecule has 0 spiro atoms. The Morgan fingerprint density at radius 2 is 1.66 bits per heavy atom. The number of benzene rings is 3. The van der Waals surface area contributed by atoms with Gasteiger partial charge in [0.1, 0.15) is 0 Å². The average molecular weight is 471 g/mol. The number of carbonyl (C=O) groups is 2. The predicted octanol–water partition coefficient (Wildman–Crippen LogP) is 5.54. The highest BCUT2D eigenvalue weighted by Gasteiger charge is 2.51. The number of amides is 2. The monoisotopic (exact) mass is 470 g/mol. The first kappa shape index (κ1) is 21.7. The second-order valence-corrected chi connectivity index (χ2v) is 9.71. The zero-order valence-corrected chi connectivity index (χ0v) is 19.8. The van der Waals surface area contributed by atoms with Crippen LogP contribution in [-0.2, 0) is 10.2 Å². The first-order chi connectivity index (χ1) is 17.0. The van der Waals surface area contributed by atoms with Crippen LogP contribution < -0.4 is 14.8 Å². The maximum atomic E-state index is 13.4. The number of likely N-dealkylation sites (tertiary alicyclic amines) is 1. The van der Waals surface area contributed by atoms with Gasteiger partial charge in [-0.15, -0.1) is 0 Å². The van der Waals surface area contributed by atoms with Crippen LogP contribution >= 0.6 is 0 Å². The normalized spacial score (nSPS) is 17.3. The number of carbonyl (C=O) groups excluding carboxylic acids is 2.